The molecule has 0 aliphatic heterocycles. The number of aliphatic hydroxyl groups excluding tert-OH is 1. The van der Waals surface area contributed by atoms with Crippen molar-refractivity contribution in [2.45, 2.75) is 52.4 Å². The lowest BCUT2D eigenvalue weighted by atomic mass is 10.2. The number of azo groups is 2. The van der Waals surface area contributed by atoms with E-state index in [-0.39, 0.29) is 57.4 Å². The zero-order valence-corrected chi connectivity index (χ0v) is 33.1. The quantitative estimate of drug-likeness (QED) is 0.0484. The molecule has 0 saturated heterocycles. The van der Waals surface area contributed by atoms with E-state index in [9.17, 15) is 14.7 Å². The van der Waals surface area contributed by atoms with E-state index in [2.05, 4.69) is 54.5 Å². The Kier molecular flexibility index (Phi) is 12.3. The van der Waals surface area contributed by atoms with Crippen molar-refractivity contribution in [1.82, 2.24) is 49.1 Å². The molecule has 0 spiro atoms. The Balaban J connectivity index is 1.28. The summed E-state index contributed by atoms with van der Waals surface area (Å²) in [6, 6.07) is 19.9. The smallest absolute Gasteiger partial charge is 0.343 e. The van der Waals surface area contributed by atoms with Crippen LogP contribution in [-0.2, 0) is 17.6 Å². The van der Waals surface area contributed by atoms with Crippen LogP contribution in [0, 0.1) is 0 Å². The first-order valence-electron chi connectivity index (χ1n) is 19.2. The summed E-state index contributed by atoms with van der Waals surface area (Å²) >= 11 is 0. The second kappa shape index (κ2) is 18.2. The number of hydrogen-bond donors (Lipinski definition) is 3. The van der Waals surface area contributed by atoms with Gasteiger partial charge in [-0.15, -0.1) is 20.5 Å². The molecule has 0 aliphatic rings. The Bertz CT molecular complexity index is 2500. The number of anilines is 2. The number of unbranched alkanes of at least 4 members (excludes halogenated alkanes) is 2. The number of nitrogens with two attached hydrogens (primary N) is 2. The van der Waals surface area contributed by atoms with Gasteiger partial charge in [-0.25, -0.2) is 24.1 Å². The minimum absolute atomic E-state index is 0.0892. The maximum Gasteiger partial charge on any atom is 0.343 e. The average Bonchev–Trinajstić information content (AvgIpc) is 4.06. The summed E-state index contributed by atoms with van der Waals surface area (Å²) < 4.78 is 10.8. The molecule has 7 aromatic rings. The van der Waals surface area contributed by atoms with Gasteiger partial charge >= 0.3 is 5.97 Å². The van der Waals surface area contributed by atoms with Crippen molar-refractivity contribution in [2.24, 2.45) is 20.5 Å². The topological polar surface area (TPSA) is 262 Å². The first kappa shape index (κ1) is 40.5. The fourth-order valence-corrected chi connectivity index (χ4v) is 6.22. The van der Waals surface area contributed by atoms with Crippen molar-refractivity contribution in [3.8, 4) is 23.0 Å². The number of nitrogen functional groups attached to an aromatic ring is 2. The number of aliphatic hydroxyl groups is 1. The predicted molar refractivity (Wildman–Crippen MR) is 221 cm³/mol. The molecule has 60 heavy (non-hydrogen) atoms. The second-order valence-electron chi connectivity index (χ2n) is 13.4. The number of nitrogens with zero attached hydrogens (tertiary/aromatic N) is 14. The van der Waals surface area contributed by atoms with Crippen molar-refractivity contribution >= 4 is 46.4 Å². The number of benzene rings is 2. The highest BCUT2D eigenvalue weighted by atomic mass is 16.5. The van der Waals surface area contributed by atoms with Gasteiger partial charge in [0.2, 0.25) is 0 Å². The van der Waals surface area contributed by atoms with Crippen LogP contribution in [0.5, 0.6) is 0 Å². The molecule has 0 aliphatic carbocycles. The van der Waals surface area contributed by atoms with Gasteiger partial charge in [0, 0.05) is 6.07 Å². The molecule has 20 nitrogen and oxygen atoms in total. The van der Waals surface area contributed by atoms with Gasteiger partial charge in [0.05, 0.1) is 47.8 Å². The number of carbonyl (C=O) groups is 2. The molecule has 0 saturated carbocycles. The molecule has 20 heteroatoms. The maximum absolute atomic E-state index is 12.7. The molecule has 0 bridgehead atoms. The number of aromatic nitrogens is 10. The van der Waals surface area contributed by atoms with Crippen LogP contribution < -0.4 is 11.5 Å². The van der Waals surface area contributed by atoms with E-state index >= 15 is 0 Å². The number of ether oxygens (including phenoxy) is 1. The first-order chi connectivity index (χ1) is 29.3. The standard InChI is InChI=1S/C40H42N16O4/c1-4-6-18-29-34(47-49-38-27(31(58)23-57)21-45-53(38)25-14-10-8-11-15-25)36(41)55(51-29)32-20-33(44-24-43-32)56-37(42)35(30(52-56)19-7-5-2)48-50-39-28(40(59)60-3)22-46-54(39)26-16-12-9-13-17-26/h8-17,20-22,24,57H,4-7,18-19,23,41-42H2,1-3H3/b49-47+,50-48+. The summed E-state index contributed by atoms with van der Waals surface area (Å²) in [4.78, 5) is 34.4. The molecule has 0 fully saturated rings. The average molecular weight is 811 g/mol. The summed E-state index contributed by atoms with van der Waals surface area (Å²) in [5.41, 5.74) is 16.7. The zero-order valence-electron chi connectivity index (χ0n) is 33.1. The Labute approximate surface area is 343 Å². The van der Waals surface area contributed by atoms with Crippen LogP contribution >= 0.6 is 0 Å². The van der Waals surface area contributed by atoms with Crippen molar-refractivity contribution < 1.29 is 19.4 Å². The third kappa shape index (κ3) is 8.16. The summed E-state index contributed by atoms with van der Waals surface area (Å²) in [5, 5.41) is 46.0. The number of ketones is 1. The SMILES string of the molecule is CCCCc1nn(-c2cc(-n3nc(CCCC)c(/N=N/c4c(C(=O)OC)cnn4-c4ccccc4)c3N)ncn2)c(N)c1/N=N/c1c(C(=O)CO)cnn1-c1ccccc1. The molecule has 0 amide bonds. The van der Waals surface area contributed by atoms with Crippen LogP contribution in [0.15, 0.2) is 106 Å². The van der Waals surface area contributed by atoms with Crippen molar-refractivity contribution in [3.63, 3.8) is 0 Å². The lowest BCUT2D eigenvalue weighted by Crippen LogP contribution is -2.09. The van der Waals surface area contributed by atoms with E-state index in [0.29, 0.717) is 35.6 Å². The highest BCUT2D eigenvalue weighted by Crippen LogP contribution is 2.36. The molecule has 7 rings (SSSR count). The van der Waals surface area contributed by atoms with Crippen molar-refractivity contribution in [3.05, 3.63) is 108 Å². The third-order valence-corrected chi connectivity index (χ3v) is 9.36. The summed E-state index contributed by atoms with van der Waals surface area (Å²) in [5.74, 6) is -0.112. The molecule has 0 radical (unpaired) electrons. The number of carbonyl (C=O) groups excluding carboxylic acids is 2. The number of aryl methyl sites for hydroxylation is 2. The van der Waals surface area contributed by atoms with Crippen LogP contribution in [0.2, 0.25) is 0 Å². The second-order valence-corrected chi connectivity index (χ2v) is 13.4. The van der Waals surface area contributed by atoms with Gasteiger partial charge in [0.15, 0.2) is 52.1 Å². The fourth-order valence-electron chi connectivity index (χ4n) is 6.22. The highest BCUT2D eigenvalue weighted by Gasteiger charge is 2.24. The fraction of sp³-hybridized carbons (Fsp3) is 0.250. The molecular weight excluding hydrogens is 769 g/mol. The van der Waals surface area contributed by atoms with E-state index < -0.39 is 18.4 Å². The number of rotatable bonds is 17. The van der Waals surface area contributed by atoms with Crippen molar-refractivity contribution in [2.75, 3.05) is 25.2 Å². The number of methoxy groups -OCH3 is 1. The molecular formula is C40H42N16O4. The summed E-state index contributed by atoms with van der Waals surface area (Å²) in [7, 11) is 1.28. The maximum atomic E-state index is 12.7. The molecule has 5 N–H and O–H groups in total. The normalized spacial score (nSPS) is 11.6. The van der Waals surface area contributed by atoms with Crippen LogP contribution in [-0.4, -0.2) is 79.7 Å². The highest BCUT2D eigenvalue weighted by molar-refractivity contribution is 6.00. The van der Waals surface area contributed by atoms with E-state index in [0.717, 1.165) is 25.7 Å². The number of para-hydroxylation sites is 2. The third-order valence-electron chi connectivity index (χ3n) is 9.36. The zero-order chi connectivity index (χ0) is 42.2. The Hall–Kier alpha value is -7.74. The van der Waals surface area contributed by atoms with Gasteiger partial charge in [-0.1, -0.05) is 63.1 Å². The minimum atomic E-state index is -0.734. The first-order valence-corrected chi connectivity index (χ1v) is 19.2. The van der Waals surface area contributed by atoms with Gasteiger partial charge < -0.3 is 21.3 Å². The van der Waals surface area contributed by atoms with E-state index in [1.165, 1.54) is 44.6 Å². The van der Waals surface area contributed by atoms with E-state index in [1.807, 2.05) is 48.5 Å². The van der Waals surface area contributed by atoms with Gasteiger partial charge in [0.1, 0.15) is 18.5 Å². The van der Waals surface area contributed by atoms with Gasteiger partial charge in [-0.3, -0.25) is 4.79 Å². The molecule has 0 unspecified atom stereocenters. The Morgan fingerprint density at radius 2 is 1.15 bits per heavy atom. The molecule has 5 aromatic heterocycles. The molecule has 5 heterocycles. The molecule has 0 atom stereocenters. The lowest BCUT2D eigenvalue weighted by Gasteiger charge is -2.07. The van der Waals surface area contributed by atoms with E-state index in [1.54, 1.807) is 18.2 Å². The number of esters is 1. The van der Waals surface area contributed by atoms with Crippen molar-refractivity contribution in [1.29, 1.82) is 0 Å². The minimum Gasteiger partial charge on any atom is -0.465 e. The predicted octanol–water partition coefficient (Wildman–Crippen LogP) is 6.86. The number of hydrogen-bond acceptors (Lipinski definition) is 16. The van der Waals surface area contributed by atoms with Gasteiger partial charge in [-0.2, -0.15) is 29.8 Å². The van der Waals surface area contributed by atoms with Gasteiger partial charge in [-0.05, 0) is 49.9 Å². The largest absolute Gasteiger partial charge is 0.465 e. The Morgan fingerprint density at radius 3 is 1.60 bits per heavy atom. The lowest BCUT2D eigenvalue weighted by molar-refractivity contribution is 0.0601. The van der Waals surface area contributed by atoms with E-state index in [4.69, 9.17) is 26.4 Å². The summed E-state index contributed by atoms with van der Waals surface area (Å²) in [6.45, 7) is 3.38. The van der Waals surface area contributed by atoms with Crippen LogP contribution in [0.3, 0.4) is 0 Å². The van der Waals surface area contributed by atoms with Crippen LogP contribution in [0.25, 0.3) is 23.0 Å². The van der Waals surface area contributed by atoms with Gasteiger partial charge in [0.25, 0.3) is 0 Å². The molecule has 306 valence electrons. The molecule has 2 aromatic carbocycles. The van der Waals surface area contributed by atoms with Crippen LogP contribution in [0.1, 0.15) is 71.6 Å². The Morgan fingerprint density at radius 1 is 0.683 bits per heavy atom. The number of Topliss-reactive ketones (excluding diaryl/α,β-unsaturated/α-hetero) is 1. The van der Waals surface area contributed by atoms with Crippen LogP contribution in [0.4, 0.5) is 34.6 Å². The summed E-state index contributed by atoms with van der Waals surface area (Å²) in [6.07, 6.45) is 8.39. The monoisotopic (exact) mass is 810 g/mol.